The van der Waals surface area contributed by atoms with E-state index in [9.17, 15) is 4.79 Å². The van der Waals surface area contributed by atoms with Crippen molar-refractivity contribution in [2.75, 3.05) is 0 Å². The first-order chi connectivity index (χ1) is 6.25. The van der Waals surface area contributed by atoms with Crippen molar-refractivity contribution < 1.29 is 4.79 Å². The molecule has 0 atom stereocenters. The van der Waals surface area contributed by atoms with Crippen LogP contribution in [0.4, 0.5) is 0 Å². The average molecular weight is 215 g/mol. The van der Waals surface area contributed by atoms with E-state index < -0.39 is 5.41 Å². The summed E-state index contributed by atoms with van der Waals surface area (Å²) in [7, 11) is 1.73. The lowest BCUT2D eigenvalue weighted by atomic mass is 9.87. The first kappa shape index (κ1) is 11.2. The number of rotatable bonds is 1. The van der Waals surface area contributed by atoms with Crippen LogP contribution >= 0.6 is 11.6 Å². The van der Waals surface area contributed by atoms with Gasteiger partial charge < -0.3 is 0 Å². The topological polar surface area (TPSA) is 34.9 Å². The standard InChI is InChI=1S/C10H15ClN2O/c1-6-7(8(14)10(2,3)4)9(11)13(5)12-6/h1-5H3. The van der Waals surface area contributed by atoms with E-state index in [0.29, 0.717) is 16.4 Å². The lowest BCUT2D eigenvalue weighted by Gasteiger charge is -2.16. The van der Waals surface area contributed by atoms with Crippen LogP contribution in [0.5, 0.6) is 0 Å². The van der Waals surface area contributed by atoms with Gasteiger partial charge in [0.15, 0.2) is 5.78 Å². The first-order valence-corrected chi connectivity index (χ1v) is 4.87. The molecule has 0 saturated carbocycles. The molecule has 0 aliphatic heterocycles. The lowest BCUT2D eigenvalue weighted by Crippen LogP contribution is -2.20. The molecule has 4 heteroatoms. The Bertz CT molecular complexity index is 374. The van der Waals surface area contributed by atoms with Crippen molar-refractivity contribution in [3.63, 3.8) is 0 Å². The van der Waals surface area contributed by atoms with Crippen molar-refractivity contribution in [1.29, 1.82) is 0 Å². The number of carbonyl (C=O) groups is 1. The Balaban J connectivity index is 3.27. The minimum absolute atomic E-state index is 0.0353. The summed E-state index contributed by atoms with van der Waals surface area (Å²) in [5, 5.41) is 4.53. The van der Waals surface area contributed by atoms with Crippen LogP contribution in [0.2, 0.25) is 5.15 Å². The van der Waals surface area contributed by atoms with Crippen LogP contribution in [-0.2, 0) is 7.05 Å². The fraction of sp³-hybridized carbons (Fsp3) is 0.600. The molecular formula is C10H15ClN2O. The molecule has 14 heavy (non-hydrogen) atoms. The summed E-state index contributed by atoms with van der Waals surface area (Å²) in [6.45, 7) is 7.42. The molecule has 0 bridgehead atoms. The van der Waals surface area contributed by atoms with Crippen molar-refractivity contribution in [2.45, 2.75) is 27.7 Å². The van der Waals surface area contributed by atoms with Gasteiger partial charge in [-0.1, -0.05) is 32.4 Å². The maximum absolute atomic E-state index is 12.0. The SMILES string of the molecule is Cc1nn(C)c(Cl)c1C(=O)C(C)(C)C. The van der Waals surface area contributed by atoms with Crippen molar-refractivity contribution in [3.8, 4) is 0 Å². The highest BCUT2D eigenvalue weighted by atomic mass is 35.5. The summed E-state index contributed by atoms with van der Waals surface area (Å²) in [6, 6.07) is 0. The maximum atomic E-state index is 12.0. The monoisotopic (exact) mass is 214 g/mol. The van der Waals surface area contributed by atoms with Crippen LogP contribution in [0.1, 0.15) is 36.8 Å². The number of aromatic nitrogens is 2. The molecule has 1 rings (SSSR count). The third kappa shape index (κ3) is 1.82. The second-order valence-corrected chi connectivity index (χ2v) is 4.81. The number of nitrogens with zero attached hydrogens (tertiary/aromatic N) is 2. The number of aryl methyl sites for hydroxylation is 2. The molecule has 0 aromatic carbocycles. The quantitative estimate of drug-likeness (QED) is 0.674. The fourth-order valence-corrected chi connectivity index (χ4v) is 1.52. The molecule has 0 aliphatic rings. The van der Waals surface area contributed by atoms with E-state index in [-0.39, 0.29) is 5.78 Å². The zero-order valence-electron chi connectivity index (χ0n) is 9.18. The van der Waals surface area contributed by atoms with Crippen molar-refractivity contribution in [3.05, 3.63) is 16.4 Å². The minimum Gasteiger partial charge on any atom is -0.293 e. The molecule has 1 aromatic heterocycles. The average Bonchev–Trinajstić information content (AvgIpc) is 2.24. The van der Waals surface area contributed by atoms with E-state index >= 15 is 0 Å². The first-order valence-electron chi connectivity index (χ1n) is 4.49. The highest BCUT2D eigenvalue weighted by Gasteiger charge is 2.28. The maximum Gasteiger partial charge on any atom is 0.173 e. The van der Waals surface area contributed by atoms with Crippen LogP contribution in [0.25, 0.3) is 0 Å². The van der Waals surface area contributed by atoms with E-state index in [0.717, 1.165) is 0 Å². The van der Waals surface area contributed by atoms with Gasteiger partial charge in [-0.2, -0.15) is 5.10 Å². The minimum atomic E-state index is -0.419. The van der Waals surface area contributed by atoms with E-state index in [1.54, 1.807) is 14.0 Å². The van der Waals surface area contributed by atoms with Gasteiger partial charge in [-0.05, 0) is 6.92 Å². The molecule has 1 aromatic rings. The highest BCUT2D eigenvalue weighted by Crippen LogP contribution is 2.27. The Labute approximate surface area is 89.1 Å². The van der Waals surface area contributed by atoms with Crippen LogP contribution in [0.3, 0.4) is 0 Å². The van der Waals surface area contributed by atoms with Crippen LogP contribution in [0.15, 0.2) is 0 Å². The Kier molecular flexibility index (Phi) is 2.72. The van der Waals surface area contributed by atoms with Gasteiger partial charge in [0.25, 0.3) is 0 Å². The van der Waals surface area contributed by atoms with Crippen LogP contribution < -0.4 is 0 Å². The molecule has 0 spiro atoms. The number of Topliss-reactive ketones (excluding diaryl/α,β-unsaturated/α-hetero) is 1. The normalized spacial score (nSPS) is 11.9. The molecule has 78 valence electrons. The Morgan fingerprint density at radius 1 is 1.43 bits per heavy atom. The molecule has 3 nitrogen and oxygen atoms in total. The zero-order valence-corrected chi connectivity index (χ0v) is 9.94. The van der Waals surface area contributed by atoms with Crippen LogP contribution in [-0.4, -0.2) is 15.6 Å². The molecule has 1 heterocycles. The number of hydrogen-bond acceptors (Lipinski definition) is 2. The van der Waals surface area contributed by atoms with E-state index in [1.165, 1.54) is 4.68 Å². The number of carbonyl (C=O) groups excluding carboxylic acids is 1. The highest BCUT2D eigenvalue weighted by molar-refractivity contribution is 6.33. The fourth-order valence-electron chi connectivity index (χ4n) is 1.26. The summed E-state index contributed by atoms with van der Waals surface area (Å²) in [5.41, 5.74) is 0.816. The smallest absolute Gasteiger partial charge is 0.173 e. The van der Waals surface area contributed by atoms with E-state index in [1.807, 2.05) is 20.8 Å². The summed E-state index contributed by atoms with van der Waals surface area (Å²) < 4.78 is 1.52. The Morgan fingerprint density at radius 2 is 1.93 bits per heavy atom. The van der Waals surface area contributed by atoms with Gasteiger partial charge >= 0.3 is 0 Å². The van der Waals surface area contributed by atoms with Gasteiger partial charge in [0.05, 0.1) is 11.3 Å². The zero-order chi connectivity index (χ0) is 11.1. The van der Waals surface area contributed by atoms with Gasteiger partial charge in [0.2, 0.25) is 0 Å². The van der Waals surface area contributed by atoms with Crippen molar-refractivity contribution >= 4 is 17.4 Å². The number of halogens is 1. The molecule has 0 amide bonds. The molecule has 0 unspecified atom stereocenters. The van der Waals surface area contributed by atoms with Gasteiger partial charge in [0, 0.05) is 12.5 Å². The predicted octanol–water partition coefficient (Wildman–Crippen LogP) is 2.61. The van der Waals surface area contributed by atoms with E-state index in [4.69, 9.17) is 11.6 Å². The van der Waals surface area contributed by atoms with Gasteiger partial charge in [0.1, 0.15) is 5.15 Å². The summed E-state index contributed by atoms with van der Waals surface area (Å²) in [6.07, 6.45) is 0. The molecule has 0 saturated heterocycles. The third-order valence-corrected chi connectivity index (χ3v) is 2.49. The van der Waals surface area contributed by atoms with Crippen molar-refractivity contribution in [1.82, 2.24) is 9.78 Å². The number of hydrogen-bond donors (Lipinski definition) is 0. The van der Waals surface area contributed by atoms with Gasteiger partial charge in [-0.15, -0.1) is 0 Å². The third-order valence-electron chi connectivity index (χ3n) is 2.06. The largest absolute Gasteiger partial charge is 0.293 e. The Hall–Kier alpha value is -0.830. The lowest BCUT2D eigenvalue weighted by molar-refractivity contribution is 0.0858. The summed E-state index contributed by atoms with van der Waals surface area (Å²) >= 11 is 5.99. The van der Waals surface area contributed by atoms with Crippen molar-refractivity contribution in [2.24, 2.45) is 12.5 Å². The van der Waals surface area contributed by atoms with Gasteiger partial charge in [-0.25, -0.2) is 0 Å². The molecule has 0 fully saturated rings. The predicted molar refractivity (Wildman–Crippen MR) is 56.7 cm³/mol. The van der Waals surface area contributed by atoms with Crippen LogP contribution in [0, 0.1) is 12.3 Å². The molecular weight excluding hydrogens is 200 g/mol. The molecule has 0 radical (unpaired) electrons. The molecule has 0 aliphatic carbocycles. The molecule has 0 N–H and O–H groups in total. The van der Waals surface area contributed by atoms with Gasteiger partial charge in [-0.3, -0.25) is 9.48 Å². The number of ketones is 1. The summed E-state index contributed by atoms with van der Waals surface area (Å²) in [5.74, 6) is 0.0353. The Morgan fingerprint density at radius 3 is 2.21 bits per heavy atom. The second-order valence-electron chi connectivity index (χ2n) is 4.45. The summed E-state index contributed by atoms with van der Waals surface area (Å²) in [4.78, 5) is 12.0. The second kappa shape index (κ2) is 3.39. The van der Waals surface area contributed by atoms with E-state index in [2.05, 4.69) is 5.10 Å².